The summed E-state index contributed by atoms with van der Waals surface area (Å²) in [6, 6.07) is 2.39. The van der Waals surface area contributed by atoms with Crippen molar-refractivity contribution in [2.45, 2.75) is 6.92 Å². The number of carbonyl (C=O) groups excluding carboxylic acids is 1. The van der Waals surface area contributed by atoms with Crippen molar-refractivity contribution in [2.24, 2.45) is 0 Å². The van der Waals surface area contributed by atoms with Crippen LogP contribution in [0.4, 0.5) is 0 Å². The molecule has 1 aromatic carbocycles. The second-order valence-electron chi connectivity index (χ2n) is 2.75. The van der Waals surface area contributed by atoms with Crippen molar-refractivity contribution in [3.8, 4) is 5.75 Å². The van der Waals surface area contributed by atoms with E-state index in [2.05, 4.69) is 0 Å². The number of carbonyl (C=O) groups is 2. The number of Topliss-reactive ketones (excluding diaryl/α,β-unsaturated/α-hetero) is 1. The van der Waals surface area contributed by atoms with Gasteiger partial charge >= 0.3 is 5.97 Å². The van der Waals surface area contributed by atoms with Crippen LogP contribution in [0.1, 0.15) is 15.9 Å². The molecule has 0 spiro atoms. The number of hydrogen-bond acceptors (Lipinski definition) is 3. The smallest absolute Gasteiger partial charge is 0.377 e. The maximum Gasteiger partial charge on any atom is 0.377 e. The topological polar surface area (TPSA) is 74.6 Å². The zero-order chi connectivity index (χ0) is 10.9. The minimum atomic E-state index is -1.61. The molecule has 0 aromatic heterocycles. The standard InChI is InChI=1S/C9H7ClO4/c1-4-2-5(8(12)9(13)14)7(11)3-6(4)10/h2-3,11H,1H3,(H,13,14). The van der Waals surface area contributed by atoms with E-state index in [0.29, 0.717) is 5.56 Å². The fourth-order valence-corrected chi connectivity index (χ4v) is 1.13. The van der Waals surface area contributed by atoms with Crippen molar-refractivity contribution >= 4 is 23.4 Å². The lowest BCUT2D eigenvalue weighted by Gasteiger charge is -2.03. The van der Waals surface area contributed by atoms with Gasteiger partial charge in [0.2, 0.25) is 0 Å². The van der Waals surface area contributed by atoms with E-state index in [1.54, 1.807) is 6.92 Å². The van der Waals surface area contributed by atoms with E-state index in [4.69, 9.17) is 16.7 Å². The van der Waals surface area contributed by atoms with E-state index < -0.39 is 17.5 Å². The molecule has 5 heteroatoms. The normalized spacial score (nSPS) is 9.86. The average molecular weight is 215 g/mol. The van der Waals surface area contributed by atoms with Crippen molar-refractivity contribution in [1.29, 1.82) is 0 Å². The molecule has 1 aromatic rings. The summed E-state index contributed by atoms with van der Waals surface area (Å²) >= 11 is 5.65. The number of carboxylic acid groups (broad SMARTS) is 1. The highest BCUT2D eigenvalue weighted by molar-refractivity contribution is 6.41. The third-order valence-corrected chi connectivity index (χ3v) is 2.12. The highest BCUT2D eigenvalue weighted by Crippen LogP contribution is 2.26. The summed E-state index contributed by atoms with van der Waals surface area (Å²) in [4.78, 5) is 21.4. The van der Waals surface area contributed by atoms with Crippen LogP contribution in [0.5, 0.6) is 5.75 Å². The summed E-state index contributed by atoms with van der Waals surface area (Å²) in [6.45, 7) is 1.61. The number of carboxylic acids is 1. The molecule has 74 valence electrons. The Labute approximate surface area is 84.7 Å². The number of rotatable bonds is 2. The van der Waals surface area contributed by atoms with E-state index in [1.165, 1.54) is 6.07 Å². The lowest BCUT2D eigenvalue weighted by molar-refractivity contribution is -0.131. The largest absolute Gasteiger partial charge is 0.507 e. The minimum Gasteiger partial charge on any atom is -0.507 e. The Morgan fingerprint density at radius 3 is 2.43 bits per heavy atom. The number of halogens is 1. The summed E-state index contributed by atoms with van der Waals surface area (Å²) in [5.41, 5.74) is 0.286. The Bertz CT molecular complexity index is 412. The molecule has 0 saturated heterocycles. The Kier molecular flexibility index (Phi) is 2.76. The molecule has 0 unspecified atom stereocenters. The first-order chi connectivity index (χ1) is 6.43. The van der Waals surface area contributed by atoms with Gasteiger partial charge in [0.05, 0.1) is 5.56 Å². The molecule has 0 fully saturated rings. The van der Waals surface area contributed by atoms with Gasteiger partial charge in [-0.05, 0) is 24.6 Å². The maximum atomic E-state index is 11.0. The first-order valence-electron chi connectivity index (χ1n) is 3.70. The molecule has 0 bridgehead atoms. The minimum absolute atomic E-state index is 0.251. The summed E-state index contributed by atoms with van der Waals surface area (Å²) in [7, 11) is 0. The summed E-state index contributed by atoms with van der Waals surface area (Å²) in [5, 5.41) is 18.0. The molecule has 1 rings (SSSR count). The first-order valence-corrected chi connectivity index (χ1v) is 4.08. The van der Waals surface area contributed by atoms with Crippen LogP contribution in [0.3, 0.4) is 0 Å². The van der Waals surface area contributed by atoms with E-state index in [9.17, 15) is 14.7 Å². The van der Waals surface area contributed by atoms with Gasteiger partial charge in [0.1, 0.15) is 5.75 Å². The van der Waals surface area contributed by atoms with E-state index in [-0.39, 0.29) is 10.6 Å². The molecule has 0 aliphatic carbocycles. The van der Waals surface area contributed by atoms with Gasteiger partial charge in [-0.15, -0.1) is 0 Å². The van der Waals surface area contributed by atoms with Crippen LogP contribution < -0.4 is 0 Å². The van der Waals surface area contributed by atoms with Crippen molar-refractivity contribution in [1.82, 2.24) is 0 Å². The molecule has 0 saturated carbocycles. The number of ketones is 1. The molecule has 4 nitrogen and oxygen atoms in total. The van der Waals surface area contributed by atoms with Crippen LogP contribution in [-0.2, 0) is 4.79 Å². The number of phenolic OH excluding ortho intramolecular Hbond substituents is 1. The fourth-order valence-electron chi connectivity index (χ4n) is 0.968. The zero-order valence-corrected chi connectivity index (χ0v) is 8.00. The van der Waals surface area contributed by atoms with Crippen LogP contribution in [0.25, 0.3) is 0 Å². The molecular weight excluding hydrogens is 208 g/mol. The predicted octanol–water partition coefficient (Wildman–Crippen LogP) is 1.62. The Balaban J connectivity index is 3.29. The highest BCUT2D eigenvalue weighted by atomic mass is 35.5. The maximum absolute atomic E-state index is 11.0. The number of aliphatic carboxylic acids is 1. The quantitative estimate of drug-likeness (QED) is 0.580. The molecule has 0 amide bonds. The van der Waals surface area contributed by atoms with Crippen LogP contribution >= 0.6 is 11.6 Å². The van der Waals surface area contributed by atoms with Crippen molar-refractivity contribution in [2.75, 3.05) is 0 Å². The van der Waals surface area contributed by atoms with Gasteiger partial charge in [-0.1, -0.05) is 11.6 Å². The Morgan fingerprint density at radius 1 is 1.36 bits per heavy atom. The third-order valence-electron chi connectivity index (χ3n) is 1.72. The van der Waals surface area contributed by atoms with Crippen molar-refractivity contribution < 1.29 is 19.8 Å². The van der Waals surface area contributed by atoms with E-state index >= 15 is 0 Å². The zero-order valence-electron chi connectivity index (χ0n) is 7.24. The van der Waals surface area contributed by atoms with Gasteiger partial charge in [0.15, 0.2) is 0 Å². The monoisotopic (exact) mass is 214 g/mol. The SMILES string of the molecule is Cc1cc(C(=O)C(=O)O)c(O)cc1Cl. The molecule has 2 N–H and O–H groups in total. The lowest BCUT2D eigenvalue weighted by atomic mass is 10.1. The number of phenols is 1. The Hall–Kier alpha value is -1.55. The van der Waals surface area contributed by atoms with Crippen LogP contribution in [-0.4, -0.2) is 22.0 Å². The highest BCUT2D eigenvalue weighted by Gasteiger charge is 2.19. The van der Waals surface area contributed by atoms with E-state index in [1.807, 2.05) is 0 Å². The molecule has 0 aliphatic heterocycles. The van der Waals surface area contributed by atoms with Crippen LogP contribution in [0.2, 0.25) is 5.02 Å². The molecule has 14 heavy (non-hydrogen) atoms. The second-order valence-corrected chi connectivity index (χ2v) is 3.16. The Morgan fingerprint density at radius 2 is 1.93 bits per heavy atom. The van der Waals surface area contributed by atoms with Crippen molar-refractivity contribution in [3.63, 3.8) is 0 Å². The average Bonchev–Trinajstić information content (AvgIpc) is 2.10. The predicted molar refractivity (Wildman–Crippen MR) is 49.8 cm³/mol. The molecule has 0 aliphatic rings. The first kappa shape index (κ1) is 10.5. The molecule has 0 radical (unpaired) electrons. The van der Waals surface area contributed by atoms with Crippen molar-refractivity contribution in [3.05, 3.63) is 28.3 Å². The summed E-state index contributed by atoms with van der Waals surface area (Å²) in [6.07, 6.45) is 0. The molecule has 0 heterocycles. The van der Waals surface area contributed by atoms with Gasteiger partial charge in [-0.2, -0.15) is 0 Å². The molecule has 0 atom stereocenters. The van der Waals surface area contributed by atoms with Gasteiger partial charge < -0.3 is 10.2 Å². The fraction of sp³-hybridized carbons (Fsp3) is 0.111. The number of hydrogen-bond donors (Lipinski definition) is 2. The van der Waals surface area contributed by atoms with Crippen LogP contribution in [0.15, 0.2) is 12.1 Å². The number of aryl methyl sites for hydroxylation is 1. The summed E-state index contributed by atoms with van der Waals surface area (Å²) < 4.78 is 0. The van der Waals surface area contributed by atoms with Gasteiger partial charge in [0.25, 0.3) is 5.78 Å². The number of benzene rings is 1. The third kappa shape index (κ3) is 1.85. The lowest BCUT2D eigenvalue weighted by Crippen LogP contribution is -2.13. The van der Waals surface area contributed by atoms with Gasteiger partial charge in [0, 0.05) is 5.02 Å². The van der Waals surface area contributed by atoms with Crippen LogP contribution in [0, 0.1) is 6.92 Å². The summed E-state index contributed by atoms with van der Waals surface area (Å²) in [5.74, 6) is -3.18. The molecular formula is C9H7ClO4. The van der Waals surface area contributed by atoms with Gasteiger partial charge in [-0.3, -0.25) is 4.79 Å². The second kappa shape index (κ2) is 3.67. The van der Waals surface area contributed by atoms with E-state index in [0.717, 1.165) is 6.07 Å². The number of aromatic hydroxyl groups is 1. The van der Waals surface area contributed by atoms with Gasteiger partial charge in [-0.25, -0.2) is 4.79 Å².